The molecule has 25 heavy (non-hydrogen) atoms. The number of rotatable bonds is 4. The monoisotopic (exact) mass is 356 g/mol. The molecule has 0 saturated heterocycles. The number of nitrogens with zero attached hydrogens (tertiary/aromatic N) is 1. The number of aromatic nitrogens is 1. The first-order valence-electron chi connectivity index (χ1n) is 7.92. The van der Waals surface area contributed by atoms with Crippen molar-refractivity contribution in [3.05, 3.63) is 59.5 Å². The Hall–Kier alpha value is -2.60. The molecule has 1 N–H and O–H groups in total. The van der Waals surface area contributed by atoms with Crippen LogP contribution in [0.25, 0.3) is 21.8 Å². The van der Waals surface area contributed by atoms with Crippen molar-refractivity contribution in [1.29, 1.82) is 0 Å². The molecule has 3 aromatic rings. The molecule has 6 heteroatoms. The van der Waals surface area contributed by atoms with Gasteiger partial charge in [-0.05, 0) is 43.2 Å². The zero-order valence-electron chi connectivity index (χ0n) is 13.1. The van der Waals surface area contributed by atoms with Crippen LogP contribution in [-0.4, -0.2) is 10.9 Å². The molecule has 4 rings (SSSR count). The van der Waals surface area contributed by atoms with E-state index in [-0.39, 0.29) is 17.4 Å². The fraction of sp³-hybridized carbons (Fsp3) is 0.158. The maximum atomic E-state index is 13.9. The molecule has 0 bridgehead atoms. The van der Waals surface area contributed by atoms with E-state index < -0.39 is 11.6 Å². The van der Waals surface area contributed by atoms with E-state index in [1.165, 1.54) is 11.3 Å². The summed E-state index contributed by atoms with van der Waals surface area (Å²) < 4.78 is 27.3. The highest BCUT2D eigenvalue weighted by Gasteiger charge is 2.29. The van der Waals surface area contributed by atoms with Crippen LogP contribution in [0.3, 0.4) is 0 Å². The molecule has 1 heterocycles. The van der Waals surface area contributed by atoms with Crippen LogP contribution in [0.1, 0.15) is 12.8 Å². The molecule has 1 amide bonds. The normalized spacial score (nSPS) is 13.7. The summed E-state index contributed by atoms with van der Waals surface area (Å²) in [5.41, 5.74) is 2.06. The standard InChI is InChI=1S/C19H14F2N2OS/c20-13-6-7-16(21)15(9-13)17-10-25-19(23-17)12-2-1-3-14(8-12)22-18(24)11-4-5-11/h1-3,6-11H,4-5H2,(H,22,24). The third kappa shape index (κ3) is 3.44. The number of hydrogen-bond donors (Lipinski definition) is 1. The van der Waals surface area contributed by atoms with Crippen molar-refractivity contribution >= 4 is 22.9 Å². The predicted octanol–water partition coefficient (Wildman–Crippen LogP) is 5.10. The van der Waals surface area contributed by atoms with E-state index in [1.54, 1.807) is 5.38 Å². The number of benzene rings is 2. The van der Waals surface area contributed by atoms with Crippen molar-refractivity contribution in [3.8, 4) is 21.8 Å². The maximum Gasteiger partial charge on any atom is 0.227 e. The number of nitrogens with one attached hydrogen (secondary N) is 1. The van der Waals surface area contributed by atoms with Gasteiger partial charge in [0, 0.05) is 28.1 Å². The smallest absolute Gasteiger partial charge is 0.227 e. The zero-order valence-corrected chi connectivity index (χ0v) is 13.9. The van der Waals surface area contributed by atoms with Crippen molar-refractivity contribution in [2.45, 2.75) is 12.8 Å². The van der Waals surface area contributed by atoms with Crippen molar-refractivity contribution in [2.75, 3.05) is 5.32 Å². The fourth-order valence-electron chi connectivity index (χ4n) is 2.54. The number of amides is 1. The van der Waals surface area contributed by atoms with Crippen LogP contribution in [-0.2, 0) is 4.79 Å². The summed E-state index contributed by atoms with van der Waals surface area (Å²) in [7, 11) is 0. The largest absolute Gasteiger partial charge is 0.326 e. The molecule has 0 radical (unpaired) electrons. The molecule has 1 aliphatic rings. The minimum Gasteiger partial charge on any atom is -0.326 e. The van der Waals surface area contributed by atoms with Crippen molar-refractivity contribution in [3.63, 3.8) is 0 Å². The minimum atomic E-state index is -0.510. The second-order valence-corrected chi connectivity index (χ2v) is 6.86. The van der Waals surface area contributed by atoms with Crippen LogP contribution in [0.15, 0.2) is 47.8 Å². The lowest BCUT2D eigenvalue weighted by Gasteiger charge is -2.05. The summed E-state index contributed by atoms with van der Waals surface area (Å²) in [5, 5.41) is 5.28. The first-order chi connectivity index (χ1) is 12.1. The first kappa shape index (κ1) is 15.9. The van der Waals surface area contributed by atoms with E-state index in [0.29, 0.717) is 16.4 Å². The lowest BCUT2D eigenvalue weighted by molar-refractivity contribution is -0.117. The molecular formula is C19H14F2N2OS. The molecule has 1 saturated carbocycles. The number of thiazole rings is 1. The van der Waals surface area contributed by atoms with Crippen LogP contribution in [0.4, 0.5) is 14.5 Å². The Morgan fingerprint density at radius 3 is 2.80 bits per heavy atom. The summed E-state index contributed by atoms with van der Waals surface area (Å²) in [4.78, 5) is 16.3. The summed E-state index contributed by atoms with van der Waals surface area (Å²) in [6, 6.07) is 10.7. The highest BCUT2D eigenvalue weighted by molar-refractivity contribution is 7.13. The van der Waals surface area contributed by atoms with E-state index in [2.05, 4.69) is 10.3 Å². The van der Waals surface area contributed by atoms with Gasteiger partial charge in [0.05, 0.1) is 5.69 Å². The van der Waals surface area contributed by atoms with Gasteiger partial charge in [-0.15, -0.1) is 11.3 Å². The highest BCUT2D eigenvalue weighted by atomic mass is 32.1. The molecule has 0 unspecified atom stereocenters. The minimum absolute atomic E-state index is 0.0406. The van der Waals surface area contributed by atoms with E-state index >= 15 is 0 Å². The molecule has 3 nitrogen and oxygen atoms in total. The van der Waals surface area contributed by atoms with Crippen molar-refractivity contribution in [2.24, 2.45) is 5.92 Å². The fourth-order valence-corrected chi connectivity index (χ4v) is 3.36. The SMILES string of the molecule is O=C(Nc1cccc(-c2nc(-c3cc(F)ccc3F)cs2)c1)C1CC1. The highest BCUT2D eigenvalue weighted by Crippen LogP contribution is 2.33. The van der Waals surface area contributed by atoms with Gasteiger partial charge in [-0.1, -0.05) is 12.1 Å². The van der Waals surface area contributed by atoms with Crippen LogP contribution >= 0.6 is 11.3 Å². The molecule has 126 valence electrons. The van der Waals surface area contributed by atoms with E-state index in [0.717, 1.165) is 36.6 Å². The van der Waals surface area contributed by atoms with Gasteiger partial charge in [0.15, 0.2) is 0 Å². The zero-order chi connectivity index (χ0) is 17.4. The van der Waals surface area contributed by atoms with Gasteiger partial charge in [-0.2, -0.15) is 0 Å². The number of carbonyl (C=O) groups excluding carboxylic acids is 1. The number of hydrogen-bond acceptors (Lipinski definition) is 3. The summed E-state index contributed by atoms with van der Waals surface area (Å²) in [6.45, 7) is 0. The summed E-state index contributed by atoms with van der Waals surface area (Å²) in [5.74, 6) is -0.843. The molecular weight excluding hydrogens is 342 g/mol. The third-order valence-electron chi connectivity index (χ3n) is 4.03. The van der Waals surface area contributed by atoms with Crippen LogP contribution in [0.2, 0.25) is 0 Å². The van der Waals surface area contributed by atoms with Crippen molar-refractivity contribution < 1.29 is 13.6 Å². The topological polar surface area (TPSA) is 42.0 Å². The maximum absolute atomic E-state index is 13.9. The summed E-state index contributed by atoms with van der Waals surface area (Å²) >= 11 is 1.35. The second-order valence-electron chi connectivity index (χ2n) is 6.01. The average molecular weight is 356 g/mol. The molecule has 0 aliphatic heterocycles. The predicted molar refractivity (Wildman–Crippen MR) is 94.3 cm³/mol. The molecule has 1 aliphatic carbocycles. The molecule has 2 aromatic carbocycles. The van der Waals surface area contributed by atoms with Gasteiger partial charge >= 0.3 is 0 Å². The van der Waals surface area contributed by atoms with Crippen LogP contribution in [0, 0.1) is 17.6 Å². The lowest BCUT2D eigenvalue weighted by atomic mass is 10.1. The Kier molecular flexibility index (Phi) is 4.05. The van der Waals surface area contributed by atoms with Gasteiger partial charge in [-0.25, -0.2) is 13.8 Å². The molecule has 1 aromatic heterocycles. The Morgan fingerprint density at radius 2 is 2.00 bits per heavy atom. The van der Waals surface area contributed by atoms with Gasteiger partial charge in [0.1, 0.15) is 16.6 Å². The van der Waals surface area contributed by atoms with Crippen molar-refractivity contribution in [1.82, 2.24) is 4.98 Å². The average Bonchev–Trinajstić information content (AvgIpc) is 3.35. The van der Waals surface area contributed by atoms with Gasteiger partial charge in [0.2, 0.25) is 5.91 Å². The molecule has 1 fully saturated rings. The number of halogens is 2. The van der Waals surface area contributed by atoms with Crippen LogP contribution < -0.4 is 5.32 Å². The van der Waals surface area contributed by atoms with Gasteiger partial charge in [0.25, 0.3) is 0 Å². The Balaban J connectivity index is 1.61. The Bertz CT molecular complexity index is 950. The third-order valence-corrected chi connectivity index (χ3v) is 4.93. The van der Waals surface area contributed by atoms with Gasteiger partial charge < -0.3 is 5.32 Å². The van der Waals surface area contributed by atoms with E-state index in [1.807, 2.05) is 24.3 Å². The van der Waals surface area contributed by atoms with E-state index in [4.69, 9.17) is 0 Å². The summed E-state index contributed by atoms with van der Waals surface area (Å²) in [6.07, 6.45) is 1.89. The molecule has 0 spiro atoms. The van der Waals surface area contributed by atoms with E-state index in [9.17, 15) is 13.6 Å². The second kappa shape index (κ2) is 6.37. The quantitative estimate of drug-likeness (QED) is 0.706. The Morgan fingerprint density at radius 1 is 1.16 bits per heavy atom. The van der Waals surface area contributed by atoms with Crippen LogP contribution in [0.5, 0.6) is 0 Å². The molecule has 0 atom stereocenters. The Labute approximate surface area is 147 Å². The van der Waals surface area contributed by atoms with Gasteiger partial charge in [-0.3, -0.25) is 4.79 Å². The number of anilines is 1. The number of carbonyl (C=O) groups is 1. The first-order valence-corrected chi connectivity index (χ1v) is 8.80. The lowest BCUT2D eigenvalue weighted by Crippen LogP contribution is -2.13.